The van der Waals surface area contributed by atoms with Crippen LogP contribution < -0.4 is 5.32 Å². The Morgan fingerprint density at radius 3 is 1.57 bits per heavy atom. The van der Waals surface area contributed by atoms with Gasteiger partial charge in [-0.05, 0) is 70.6 Å². The maximum absolute atomic E-state index is 12.9. The third kappa shape index (κ3) is 39.0. The summed E-state index contributed by atoms with van der Waals surface area (Å²) < 4.78 is 23.6. The molecule has 0 bridgehead atoms. The Morgan fingerprint density at radius 2 is 1.06 bits per heavy atom. The fourth-order valence-electron chi connectivity index (χ4n) is 6.25. The summed E-state index contributed by atoms with van der Waals surface area (Å²) in [5.74, 6) is -0.169. The van der Waals surface area contributed by atoms with Crippen LogP contribution >= 0.6 is 7.82 Å². The molecule has 0 aromatic rings. The van der Waals surface area contributed by atoms with Gasteiger partial charge in [-0.15, -0.1) is 0 Å². The molecule has 0 saturated carbocycles. The number of rotatable bonds is 40. The number of aliphatic hydroxyl groups is 1. The zero-order chi connectivity index (χ0) is 40.0. The van der Waals surface area contributed by atoms with Crippen molar-refractivity contribution in [1.82, 2.24) is 5.32 Å². The standard InChI is InChI=1S/C45H87N2O6P/c1-6-8-10-12-14-16-18-20-22-23-25-26-28-30-32-34-36-38-44(48)43(42-53-54(50,51)52-41-40-47(3,4)5)46-45(49)39-37-35-33-31-29-27-24-21-19-17-15-13-11-9-7-2/h15,17,21,24,28,30,43-44,48H,6-14,16,18-20,22-23,25-27,29,31-42H2,1-5H3,(H-,46,49,50,51)/p+1/b17-15+,24-21+,30-28+/t43-,44+/m0/s1. The molecule has 0 aliphatic rings. The molecule has 0 radical (unpaired) electrons. The highest BCUT2D eigenvalue weighted by molar-refractivity contribution is 7.47. The number of allylic oxidation sites excluding steroid dienone is 6. The van der Waals surface area contributed by atoms with Crippen molar-refractivity contribution in [1.29, 1.82) is 0 Å². The van der Waals surface area contributed by atoms with Gasteiger partial charge in [0.25, 0.3) is 0 Å². The van der Waals surface area contributed by atoms with E-state index >= 15 is 0 Å². The van der Waals surface area contributed by atoms with Gasteiger partial charge < -0.3 is 19.8 Å². The molecular weight excluding hydrogens is 695 g/mol. The van der Waals surface area contributed by atoms with Crippen LogP contribution in [0.25, 0.3) is 0 Å². The van der Waals surface area contributed by atoms with Crippen molar-refractivity contribution in [2.24, 2.45) is 0 Å². The number of nitrogens with zero attached hydrogens (tertiary/aromatic N) is 1. The Kier molecular flexibility index (Phi) is 36.4. The smallest absolute Gasteiger partial charge is 0.391 e. The molecule has 0 fully saturated rings. The van der Waals surface area contributed by atoms with Crippen LogP contribution in [0.2, 0.25) is 0 Å². The van der Waals surface area contributed by atoms with E-state index in [1.54, 1.807) is 0 Å². The predicted octanol–water partition coefficient (Wildman–Crippen LogP) is 12.3. The Balaban J connectivity index is 4.44. The molecule has 0 saturated heterocycles. The van der Waals surface area contributed by atoms with E-state index < -0.39 is 20.0 Å². The summed E-state index contributed by atoms with van der Waals surface area (Å²) >= 11 is 0. The number of nitrogens with one attached hydrogen (secondary N) is 1. The zero-order valence-electron chi connectivity index (χ0n) is 36.0. The van der Waals surface area contributed by atoms with Gasteiger partial charge in [0.1, 0.15) is 13.2 Å². The van der Waals surface area contributed by atoms with E-state index in [2.05, 4.69) is 55.6 Å². The quantitative estimate of drug-likeness (QED) is 0.0247. The minimum absolute atomic E-state index is 0.0659. The highest BCUT2D eigenvalue weighted by Gasteiger charge is 2.28. The number of unbranched alkanes of at least 4 members (excludes halogenated alkanes) is 21. The van der Waals surface area contributed by atoms with Gasteiger partial charge in [-0.2, -0.15) is 0 Å². The molecule has 1 unspecified atom stereocenters. The summed E-state index contributed by atoms with van der Waals surface area (Å²) in [6.07, 6.45) is 44.5. The molecule has 0 aliphatic heterocycles. The van der Waals surface area contributed by atoms with Crippen LogP contribution in [0.15, 0.2) is 36.5 Å². The lowest BCUT2D eigenvalue weighted by atomic mass is 10.0. The Hall–Kier alpha value is -1.28. The van der Waals surface area contributed by atoms with Gasteiger partial charge in [-0.1, -0.05) is 153 Å². The minimum Gasteiger partial charge on any atom is -0.391 e. The molecule has 54 heavy (non-hydrogen) atoms. The summed E-state index contributed by atoms with van der Waals surface area (Å²) in [6, 6.07) is -0.783. The molecular formula is C45H88N2O6P+. The molecule has 3 atom stereocenters. The number of phosphoric ester groups is 1. The van der Waals surface area contributed by atoms with E-state index in [0.29, 0.717) is 23.9 Å². The van der Waals surface area contributed by atoms with E-state index in [9.17, 15) is 19.4 Å². The fraction of sp³-hybridized carbons (Fsp3) is 0.844. The van der Waals surface area contributed by atoms with Crippen LogP contribution in [-0.4, -0.2) is 73.4 Å². The summed E-state index contributed by atoms with van der Waals surface area (Å²) in [5, 5.41) is 13.9. The minimum atomic E-state index is -4.32. The zero-order valence-corrected chi connectivity index (χ0v) is 36.9. The molecule has 0 aromatic heterocycles. The molecule has 0 rings (SSSR count). The maximum atomic E-state index is 12.9. The molecule has 0 heterocycles. The first-order valence-electron chi connectivity index (χ1n) is 22.4. The predicted molar refractivity (Wildman–Crippen MR) is 231 cm³/mol. The Morgan fingerprint density at radius 1 is 0.630 bits per heavy atom. The number of carbonyl (C=O) groups is 1. The lowest BCUT2D eigenvalue weighted by Crippen LogP contribution is -2.46. The lowest BCUT2D eigenvalue weighted by molar-refractivity contribution is -0.870. The second-order valence-corrected chi connectivity index (χ2v) is 17.9. The van der Waals surface area contributed by atoms with Crippen LogP contribution in [0.1, 0.15) is 194 Å². The average molecular weight is 784 g/mol. The number of hydrogen-bond donors (Lipinski definition) is 3. The van der Waals surface area contributed by atoms with Gasteiger partial charge in [0, 0.05) is 6.42 Å². The molecule has 0 aliphatic carbocycles. The number of quaternary nitrogens is 1. The first-order valence-corrected chi connectivity index (χ1v) is 23.8. The van der Waals surface area contributed by atoms with Crippen LogP contribution in [0.4, 0.5) is 0 Å². The topological polar surface area (TPSA) is 105 Å². The largest absolute Gasteiger partial charge is 0.472 e. The van der Waals surface area contributed by atoms with Crippen molar-refractivity contribution >= 4 is 13.7 Å². The number of likely N-dealkylation sites (N-methyl/N-ethyl adjacent to an activating group) is 1. The van der Waals surface area contributed by atoms with Crippen LogP contribution in [0.5, 0.6) is 0 Å². The number of amides is 1. The van der Waals surface area contributed by atoms with Crippen LogP contribution in [0.3, 0.4) is 0 Å². The van der Waals surface area contributed by atoms with Gasteiger partial charge in [-0.25, -0.2) is 4.57 Å². The number of phosphoric acid groups is 1. The fourth-order valence-corrected chi connectivity index (χ4v) is 6.98. The highest BCUT2D eigenvalue weighted by atomic mass is 31.2. The molecule has 1 amide bonds. The number of aliphatic hydroxyl groups excluding tert-OH is 1. The van der Waals surface area contributed by atoms with Crippen LogP contribution in [-0.2, 0) is 18.4 Å². The van der Waals surface area contributed by atoms with Gasteiger partial charge in [0.05, 0.1) is 39.9 Å². The first kappa shape index (κ1) is 52.7. The summed E-state index contributed by atoms with van der Waals surface area (Å²) in [5.41, 5.74) is 0. The molecule has 9 heteroatoms. The van der Waals surface area contributed by atoms with Crippen LogP contribution in [0, 0.1) is 0 Å². The van der Waals surface area contributed by atoms with Gasteiger partial charge in [0.15, 0.2) is 0 Å². The molecule has 3 N–H and O–H groups in total. The van der Waals surface area contributed by atoms with Gasteiger partial charge in [-0.3, -0.25) is 13.8 Å². The normalized spacial score (nSPS) is 14.7. The lowest BCUT2D eigenvalue weighted by Gasteiger charge is -2.26. The molecule has 0 spiro atoms. The second-order valence-electron chi connectivity index (χ2n) is 16.4. The third-order valence-corrected chi connectivity index (χ3v) is 10.8. The van der Waals surface area contributed by atoms with Crippen molar-refractivity contribution in [3.8, 4) is 0 Å². The van der Waals surface area contributed by atoms with E-state index in [1.165, 1.54) is 96.3 Å². The highest BCUT2D eigenvalue weighted by Crippen LogP contribution is 2.43. The van der Waals surface area contributed by atoms with E-state index in [1.807, 2.05) is 21.1 Å². The molecule has 8 nitrogen and oxygen atoms in total. The summed E-state index contributed by atoms with van der Waals surface area (Å²) in [4.78, 5) is 23.1. The van der Waals surface area contributed by atoms with Crippen molar-refractivity contribution in [3.05, 3.63) is 36.5 Å². The first-order chi connectivity index (χ1) is 26.0. The number of hydrogen-bond acceptors (Lipinski definition) is 5. The average Bonchev–Trinajstić information content (AvgIpc) is 3.12. The monoisotopic (exact) mass is 784 g/mol. The number of carbonyl (C=O) groups excluding carboxylic acids is 1. The van der Waals surface area contributed by atoms with Crippen molar-refractivity contribution in [3.63, 3.8) is 0 Å². The van der Waals surface area contributed by atoms with Gasteiger partial charge >= 0.3 is 7.82 Å². The van der Waals surface area contributed by atoms with E-state index in [4.69, 9.17) is 9.05 Å². The van der Waals surface area contributed by atoms with Crippen molar-refractivity contribution in [2.45, 2.75) is 206 Å². The van der Waals surface area contributed by atoms with Crippen molar-refractivity contribution in [2.75, 3.05) is 40.9 Å². The Bertz CT molecular complexity index is 980. The van der Waals surface area contributed by atoms with Crippen molar-refractivity contribution < 1.29 is 32.9 Å². The van der Waals surface area contributed by atoms with Gasteiger partial charge in [0.2, 0.25) is 5.91 Å². The maximum Gasteiger partial charge on any atom is 0.472 e. The summed E-state index contributed by atoms with van der Waals surface area (Å²) in [7, 11) is 1.59. The Labute approximate surface area is 334 Å². The molecule has 318 valence electrons. The second kappa shape index (κ2) is 37.3. The third-order valence-electron chi connectivity index (χ3n) is 9.86. The molecule has 0 aromatic carbocycles. The SMILES string of the molecule is CCCCC/C=C/C/C=C/CCCCCCCC(=O)N[C@@H](COP(=O)(O)OCC[N+](C)(C)C)[C@H](O)CCCC/C=C/CCCCCCCCCCCCC. The van der Waals surface area contributed by atoms with E-state index in [0.717, 1.165) is 70.6 Å². The van der Waals surface area contributed by atoms with E-state index in [-0.39, 0.29) is 19.1 Å². The summed E-state index contributed by atoms with van der Waals surface area (Å²) in [6.45, 7) is 4.82.